The minimum atomic E-state index is 1.23. The van der Waals surface area contributed by atoms with E-state index in [-0.39, 0.29) is 0 Å². The molecule has 2 heteroatoms. The van der Waals surface area contributed by atoms with Crippen LogP contribution in [0.1, 0.15) is 58.8 Å². The van der Waals surface area contributed by atoms with Gasteiger partial charge in [-0.2, -0.15) is 0 Å². The fourth-order valence-electron chi connectivity index (χ4n) is 2.62. The molecule has 1 heterocycles. The molecule has 0 bridgehead atoms. The molecule has 0 N–H and O–H groups in total. The molecule has 0 atom stereocenters. The van der Waals surface area contributed by atoms with Crippen LogP contribution in [-0.2, 0) is 0 Å². The van der Waals surface area contributed by atoms with Gasteiger partial charge in [0.2, 0.25) is 0 Å². The van der Waals surface area contributed by atoms with Crippen molar-refractivity contribution in [3.8, 4) is 0 Å². The molecule has 1 fully saturated rings. The number of unbranched alkanes of at least 4 members (excludes halogenated alkanes) is 6. The third-order valence-corrected chi connectivity index (χ3v) is 3.99. The molecule has 1 rings (SSSR count). The second-order valence-electron chi connectivity index (χ2n) is 5.40. The van der Waals surface area contributed by atoms with Crippen LogP contribution in [0.5, 0.6) is 0 Å². The molecule has 1 aliphatic rings. The predicted molar refractivity (Wildman–Crippen MR) is 76.5 cm³/mol. The van der Waals surface area contributed by atoms with Crippen molar-refractivity contribution in [1.29, 1.82) is 0 Å². The van der Waals surface area contributed by atoms with Crippen LogP contribution in [0.2, 0.25) is 0 Å². The lowest BCUT2D eigenvalue weighted by atomic mass is 10.1. The fraction of sp³-hybridized carbons (Fsp3) is 1.00. The van der Waals surface area contributed by atoms with Crippen LogP contribution in [0.15, 0.2) is 0 Å². The summed E-state index contributed by atoms with van der Waals surface area (Å²) in [6, 6.07) is 0. The Kier molecular flexibility index (Phi) is 8.72. The summed E-state index contributed by atoms with van der Waals surface area (Å²) in [5.74, 6) is 0. The van der Waals surface area contributed by atoms with E-state index in [0.717, 1.165) is 0 Å². The van der Waals surface area contributed by atoms with Crippen molar-refractivity contribution in [3.05, 3.63) is 0 Å². The summed E-state index contributed by atoms with van der Waals surface area (Å²) in [6.07, 6.45) is 10.0. The Morgan fingerprint density at radius 3 is 1.76 bits per heavy atom. The molecule has 0 aromatic carbocycles. The van der Waals surface area contributed by atoms with Crippen molar-refractivity contribution >= 4 is 0 Å². The van der Waals surface area contributed by atoms with Gasteiger partial charge >= 0.3 is 0 Å². The standard InChI is InChI=1S/C15H32N2/c1-3-5-6-7-8-9-10-11-17-14-12-16(4-2)13-15-17/h3-15H2,1-2H3. The van der Waals surface area contributed by atoms with E-state index in [2.05, 4.69) is 23.6 Å². The molecule has 0 spiro atoms. The molecule has 102 valence electrons. The monoisotopic (exact) mass is 240 g/mol. The second-order valence-corrected chi connectivity index (χ2v) is 5.40. The van der Waals surface area contributed by atoms with Crippen molar-refractivity contribution in [2.24, 2.45) is 0 Å². The zero-order valence-corrected chi connectivity index (χ0v) is 12.1. The van der Waals surface area contributed by atoms with Crippen molar-refractivity contribution in [2.75, 3.05) is 39.3 Å². The van der Waals surface area contributed by atoms with Crippen molar-refractivity contribution in [2.45, 2.75) is 58.8 Å². The van der Waals surface area contributed by atoms with E-state index in [1.807, 2.05) is 0 Å². The van der Waals surface area contributed by atoms with Gasteiger partial charge in [-0.3, -0.25) is 0 Å². The molecule has 1 aliphatic heterocycles. The van der Waals surface area contributed by atoms with Gasteiger partial charge in [0.15, 0.2) is 0 Å². The van der Waals surface area contributed by atoms with Crippen molar-refractivity contribution in [3.63, 3.8) is 0 Å². The lowest BCUT2D eigenvalue weighted by molar-refractivity contribution is 0.135. The first-order chi connectivity index (χ1) is 8.36. The highest BCUT2D eigenvalue weighted by Gasteiger charge is 2.14. The van der Waals surface area contributed by atoms with Gasteiger partial charge in [-0.25, -0.2) is 0 Å². The maximum absolute atomic E-state index is 2.65. The average Bonchev–Trinajstić information content (AvgIpc) is 2.38. The normalized spacial score (nSPS) is 18.7. The summed E-state index contributed by atoms with van der Waals surface area (Å²) in [6.45, 7) is 12.3. The van der Waals surface area contributed by atoms with Gasteiger partial charge in [0.25, 0.3) is 0 Å². The zero-order chi connectivity index (χ0) is 12.3. The molecule has 2 nitrogen and oxygen atoms in total. The van der Waals surface area contributed by atoms with E-state index in [1.54, 1.807) is 0 Å². The van der Waals surface area contributed by atoms with Crippen molar-refractivity contribution in [1.82, 2.24) is 9.80 Å². The number of piperazine rings is 1. The molecule has 0 radical (unpaired) electrons. The maximum atomic E-state index is 2.65. The van der Waals surface area contributed by atoms with Gasteiger partial charge in [0, 0.05) is 26.2 Å². The number of nitrogens with zero attached hydrogens (tertiary/aromatic N) is 2. The van der Waals surface area contributed by atoms with Gasteiger partial charge in [-0.1, -0.05) is 52.4 Å². The quantitative estimate of drug-likeness (QED) is 0.570. The van der Waals surface area contributed by atoms with Crippen LogP contribution in [0.25, 0.3) is 0 Å². The Balaban J connectivity index is 1.87. The first-order valence-corrected chi connectivity index (χ1v) is 7.81. The Morgan fingerprint density at radius 2 is 1.18 bits per heavy atom. The highest BCUT2D eigenvalue weighted by Crippen LogP contribution is 2.08. The summed E-state index contributed by atoms with van der Waals surface area (Å²) in [7, 11) is 0. The molecule has 17 heavy (non-hydrogen) atoms. The number of rotatable bonds is 9. The first-order valence-electron chi connectivity index (χ1n) is 7.81. The highest BCUT2D eigenvalue weighted by molar-refractivity contribution is 4.70. The summed E-state index contributed by atoms with van der Waals surface area (Å²) in [5, 5.41) is 0. The zero-order valence-electron chi connectivity index (χ0n) is 12.1. The van der Waals surface area contributed by atoms with E-state index in [1.165, 1.54) is 84.2 Å². The third-order valence-electron chi connectivity index (χ3n) is 3.99. The Hall–Kier alpha value is -0.0800. The van der Waals surface area contributed by atoms with Crippen LogP contribution in [-0.4, -0.2) is 49.1 Å². The van der Waals surface area contributed by atoms with Gasteiger partial charge in [0.1, 0.15) is 0 Å². The van der Waals surface area contributed by atoms with E-state index in [4.69, 9.17) is 0 Å². The van der Waals surface area contributed by atoms with E-state index < -0.39 is 0 Å². The topological polar surface area (TPSA) is 6.48 Å². The fourth-order valence-corrected chi connectivity index (χ4v) is 2.62. The number of likely N-dealkylation sites (N-methyl/N-ethyl adjacent to an activating group) is 1. The third kappa shape index (κ3) is 7.05. The highest BCUT2D eigenvalue weighted by atomic mass is 15.3. The molecule has 0 aromatic heterocycles. The molecule has 0 aliphatic carbocycles. The van der Waals surface area contributed by atoms with E-state index >= 15 is 0 Å². The lowest BCUT2D eigenvalue weighted by Gasteiger charge is -2.33. The van der Waals surface area contributed by atoms with Crippen LogP contribution in [0.3, 0.4) is 0 Å². The number of hydrogen-bond acceptors (Lipinski definition) is 2. The SMILES string of the molecule is CCCCCCCCCN1CCN(CC)CC1. The van der Waals surface area contributed by atoms with Crippen molar-refractivity contribution < 1.29 is 0 Å². The Labute approximate surface area is 108 Å². The van der Waals surface area contributed by atoms with E-state index in [9.17, 15) is 0 Å². The molecular formula is C15H32N2. The summed E-state index contributed by atoms with van der Waals surface area (Å²) < 4.78 is 0. The molecule has 0 saturated carbocycles. The van der Waals surface area contributed by atoms with Gasteiger partial charge < -0.3 is 9.80 Å². The van der Waals surface area contributed by atoms with Gasteiger partial charge in [-0.15, -0.1) is 0 Å². The average molecular weight is 240 g/mol. The largest absolute Gasteiger partial charge is 0.301 e. The second kappa shape index (κ2) is 9.90. The van der Waals surface area contributed by atoms with Crippen LogP contribution in [0.4, 0.5) is 0 Å². The Bertz CT molecular complexity index is 162. The molecule has 0 aromatic rings. The summed E-state index contributed by atoms with van der Waals surface area (Å²) in [5.41, 5.74) is 0. The lowest BCUT2D eigenvalue weighted by Crippen LogP contribution is -2.46. The van der Waals surface area contributed by atoms with Crippen LogP contribution < -0.4 is 0 Å². The maximum Gasteiger partial charge on any atom is 0.0110 e. The smallest absolute Gasteiger partial charge is 0.0110 e. The van der Waals surface area contributed by atoms with E-state index in [0.29, 0.717) is 0 Å². The molecule has 1 saturated heterocycles. The van der Waals surface area contributed by atoms with Gasteiger partial charge in [0.05, 0.1) is 0 Å². The van der Waals surface area contributed by atoms with Crippen LogP contribution in [0, 0.1) is 0 Å². The summed E-state index contributed by atoms with van der Waals surface area (Å²) in [4.78, 5) is 5.21. The molecule has 0 amide bonds. The van der Waals surface area contributed by atoms with Gasteiger partial charge in [-0.05, 0) is 19.5 Å². The predicted octanol–water partition coefficient (Wildman–Crippen LogP) is 3.37. The van der Waals surface area contributed by atoms with Crippen LogP contribution >= 0.6 is 0 Å². The first kappa shape index (κ1) is 15.0. The molecular weight excluding hydrogens is 208 g/mol. The Morgan fingerprint density at radius 1 is 0.647 bits per heavy atom. The number of hydrogen-bond donors (Lipinski definition) is 0. The molecule has 0 unspecified atom stereocenters. The summed E-state index contributed by atoms with van der Waals surface area (Å²) >= 11 is 0. The minimum Gasteiger partial charge on any atom is -0.301 e. The minimum absolute atomic E-state index is 1.23.